The summed E-state index contributed by atoms with van der Waals surface area (Å²) in [7, 11) is 0. The number of hydrogen-bond acceptors (Lipinski definition) is 4. The monoisotopic (exact) mass is 177 g/mol. The topological polar surface area (TPSA) is 89.8 Å². The van der Waals surface area contributed by atoms with Gasteiger partial charge in [0.2, 0.25) is 5.91 Å². The van der Waals surface area contributed by atoms with E-state index in [-0.39, 0.29) is 32.1 Å². The Bertz CT molecular complexity index is 125. The number of carbonyl (C=O) groups excluding carboxylic acids is 1. The van der Waals surface area contributed by atoms with Crippen molar-refractivity contribution in [3.8, 4) is 0 Å². The van der Waals surface area contributed by atoms with Crippen LogP contribution in [0, 0.1) is 0 Å². The number of nitrogens with one attached hydrogen (secondary N) is 1. The molecule has 0 saturated carbocycles. The number of aliphatic hydroxyl groups excluding tert-OH is 3. The van der Waals surface area contributed by atoms with E-state index < -0.39 is 6.04 Å². The number of carbonyl (C=O) groups is 1. The second kappa shape index (κ2) is 7.02. The van der Waals surface area contributed by atoms with E-state index in [9.17, 15) is 4.79 Å². The fourth-order valence-corrected chi connectivity index (χ4v) is 0.688. The van der Waals surface area contributed by atoms with Gasteiger partial charge in [0.05, 0.1) is 19.3 Å². The van der Waals surface area contributed by atoms with E-state index in [1.807, 2.05) is 0 Å². The highest BCUT2D eigenvalue weighted by Crippen LogP contribution is 1.88. The van der Waals surface area contributed by atoms with Crippen molar-refractivity contribution in [2.75, 3.05) is 19.8 Å². The Balaban J connectivity index is 3.52. The molecule has 0 heterocycles. The summed E-state index contributed by atoms with van der Waals surface area (Å²) in [5.74, 6) is -0.267. The van der Waals surface area contributed by atoms with Crippen molar-refractivity contribution in [1.29, 1.82) is 0 Å². The molecule has 0 aliphatic carbocycles. The van der Waals surface area contributed by atoms with Gasteiger partial charge in [-0.15, -0.1) is 0 Å². The van der Waals surface area contributed by atoms with Crippen LogP contribution in [0.15, 0.2) is 0 Å². The smallest absolute Gasteiger partial charge is 0.220 e. The van der Waals surface area contributed by atoms with Crippen LogP contribution in [-0.4, -0.2) is 47.1 Å². The van der Waals surface area contributed by atoms with Gasteiger partial charge in [-0.05, 0) is 6.42 Å². The first kappa shape index (κ1) is 11.4. The third-order valence-corrected chi connectivity index (χ3v) is 1.37. The summed E-state index contributed by atoms with van der Waals surface area (Å²) < 4.78 is 0. The first-order chi connectivity index (χ1) is 5.74. The molecule has 0 fully saturated rings. The summed E-state index contributed by atoms with van der Waals surface area (Å²) >= 11 is 0. The molecule has 5 nitrogen and oxygen atoms in total. The molecule has 0 aliphatic heterocycles. The minimum absolute atomic E-state index is 0.0314. The maximum atomic E-state index is 10.9. The Labute approximate surface area is 71.0 Å². The normalized spacial score (nSPS) is 10.3. The van der Waals surface area contributed by atoms with Crippen LogP contribution >= 0.6 is 0 Å². The molecule has 12 heavy (non-hydrogen) atoms. The number of aliphatic hydroxyl groups is 3. The minimum Gasteiger partial charge on any atom is -0.396 e. The fourth-order valence-electron chi connectivity index (χ4n) is 0.688. The summed E-state index contributed by atoms with van der Waals surface area (Å²) in [4.78, 5) is 10.9. The van der Waals surface area contributed by atoms with Gasteiger partial charge in [0.25, 0.3) is 0 Å². The second-order valence-corrected chi connectivity index (χ2v) is 2.46. The van der Waals surface area contributed by atoms with Crippen LogP contribution in [-0.2, 0) is 4.79 Å². The standard InChI is InChI=1S/C7H15NO4/c9-3-1-2-7(12)8-6(4-10)5-11/h6,9-11H,1-5H2,(H,8,12). The Morgan fingerprint density at radius 2 is 1.83 bits per heavy atom. The van der Waals surface area contributed by atoms with Crippen molar-refractivity contribution in [2.45, 2.75) is 18.9 Å². The molecule has 0 radical (unpaired) electrons. The number of hydrogen-bond donors (Lipinski definition) is 4. The lowest BCUT2D eigenvalue weighted by Crippen LogP contribution is -2.40. The summed E-state index contributed by atoms with van der Waals surface area (Å²) in [5.41, 5.74) is 0. The molecule has 0 aromatic rings. The Morgan fingerprint density at radius 3 is 2.25 bits per heavy atom. The highest BCUT2D eigenvalue weighted by Gasteiger charge is 2.08. The SMILES string of the molecule is O=C(CCCO)NC(CO)CO. The van der Waals surface area contributed by atoms with Crippen molar-refractivity contribution < 1.29 is 20.1 Å². The zero-order valence-corrected chi connectivity index (χ0v) is 6.86. The summed E-state index contributed by atoms with van der Waals surface area (Å²) in [6.07, 6.45) is 0.614. The predicted octanol–water partition coefficient (Wildman–Crippen LogP) is -1.77. The first-order valence-corrected chi connectivity index (χ1v) is 3.86. The first-order valence-electron chi connectivity index (χ1n) is 3.86. The Morgan fingerprint density at radius 1 is 1.25 bits per heavy atom. The lowest BCUT2D eigenvalue weighted by Gasteiger charge is -2.12. The van der Waals surface area contributed by atoms with Gasteiger partial charge < -0.3 is 20.6 Å². The Hall–Kier alpha value is -0.650. The van der Waals surface area contributed by atoms with Crippen LogP contribution < -0.4 is 5.32 Å². The van der Waals surface area contributed by atoms with Crippen LogP contribution in [0.25, 0.3) is 0 Å². The molecule has 4 N–H and O–H groups in total. The van der Waals surface area contributed by atoms with Crippen molar-refractivity contribution in [3.05, 3.63) is 0 Å². The van der Waals surface area contributed by atoms with E-state index in [4.69, 9.17) is 15.3 Å². The molecule has 0 aromatic heterocycles. The van der Waals surface area contributed by atoms with E-state index in [2.05, 4.69) is 5.32 Å². The minimum atomic E-state index is -0.587. The van der Waals surface area contributed by atoms with Gasteiger partial charge in [0, 0.05) is 13.0 Å². The van der Waals surface area contributed by atoms with Gasteiger partial charge >= 0.3 is 0 Å². The summed E-state index contributed by atoms with van der Waals surface area (Å²) in [6.45, 7) is -0.584. The van der Waals surface area contributed by atoms with Gasteiger partial charge in [-0.25, -0.2) is 0 Å². The second-order valence-electron chi connectivity index (χ2n) is 2.46. The molecule has 0 unspecified atom stereocenters. The third-order valence-electron chi connectivity index (χ3n) is 1.37. The van der Waals surface area contributed by atoms with Crippen molar-refractivity contribution >= 4 is 5.91 Å². The van der Waals surface area contributed by atoms with Crippen LogP contribution in [0.5, 0.6) is 0 Å². The quantitative estimate of drug-likeness (QED) is 0.386. The summed E-state index contributed by atoms with van der Waals surface area (Å²) in [6, 6.07) is -0.587. The molecule has 0 rings (SSSR count). The molecule has 0 aliphatic rings. The maximum absolute atomic E-state index is 10.9. The fraction of sp³-hybridized carbons (Fsp3) is 0.857. The lowest BCUT2D eigenvalue weighted by molar-refractivity contribution is -0.122. The van der Waals surface area contributed by atoms with Gasteiger partial charge in [-0.1, -0.05) is 0 Å². The van der Waals surface area contributed by atoms with Crippen LogP contribution in [0.4, 0.5) is 0 Å². The van der Waals surface area contributed by atoms with E-state index >= 15 is 0 Å². The maximum Gasteiger partial charge on any atom is 0.220 e. The zero-order chi connectivity index (χ0) is 9.40. The average Bonchev–Trinajstić information content (AvgIpc) is 2.10. The van der Waals surface area contributed by atoms with Crippen LogP contribution in [0.1, 0.15) is 12.8 Å². The molecule has 72 valence electrons. The molecular weight excluding hydrogens is 162 g/mol. The van der Waals surface area contributed by atoms with E-state index in [0.717, 1.165) is 0 Å². The van der Waals surface area contributed by atoms with Gasteiger partial charge in [-0.3, -0.25) is 4.79 Å². The van der Waals surface area contributed by atoms with E-state index in [1.165, 1.54) is 0 Å². The zero-order valence-electron chi connectivity index (χ0n) is 6.86. The van der Waals surface area contributed by atoms with Gasteiger partial charge in [-0.2, -0.15) is 0 Å². The molecule has 1 amide bonds. The molecule has 0 aromatic carbocycles. The van der Waals surface area contributed by atoms with Crippen LogP contribution in [0.2, 0.25) is 0 Å². The molecule has 5 heteroatoms. The average molecular weight is 177 g/mol. The predicted molar refractivity (Wildman–Crippen MR) is 42.4 cm³/mol. The van der Waals surface area contributed by atoms with E-state index in [0.29, 0.717) is 6.42 Å². The van der Waals surface area contributed by atoms with Gasteiger partial charge in [0.1, 0.15) is 0 Å². The Kier molecular flexibility index (Phi) is 6.64. The summed E-state index contributed by atoms with van der Waals surface area (Å²) in [5, 5.41) is 27.9. The van der Waals surface area contributed by atoms with Gasteiger partial charge in [0.15, 0.2) is 0 Å². The van der Waals surface area contributed by atoms with Crippen molar-refractivity contribution in [2.24, 2.45) is 0 Å². The number of amides is 1. The molecule has 0 saturated heterocycles. The molecular formula is C7H15NO4. The lowest BCUT2D eigenvalue weighted by atomic mass is 10.2. The highest BCUT2D eigenvalue weighted by atomic mass is 16.3. The highest BCUT2D eigenvalue weighted by molar-refractivity contribution is 5.76. The largest absolute Gasteiger partial charge is 0.396 e. The van der Waals surface area contributed by atoms with Crippen molar-refractivity contribution in [3.63, 3.8) is 0 Å². The molecule has 0 bridgehead atoms. The number of rotatable bonds is 6. The van der Waals surface area contributed by atoms with E-state index in [1.54, 1.807) is 0 Å². The molecule has 0 spiro atoms. The third kappa shape index (κ3) is 5.06. The molecule has 0 atom stereocenters. The van der Waals surface area contributed by atoms with Crippen molar-refractivity contribution in [1.82, 2.24) is 5.32 Å². The van der Waals surface area contributed by atoms with Crippen LogP contribution in [0.3, 0.4) is 0 Å².